The second-order valence-electron chi connectivity index (χ2n) is 4.79. The molecule has 0 fully saturated rings. The van der Waals surface area contributed by atoms with Gasteiger partial charge in [0, 0.05) is 6.04 Å². The third-order valence-corrected chi connectivity index (χ3v) is 3.42. The maximum absolute atomic E-state index is 9.10. The molecule has 1 aliphatic carbocycles. The fourth-order valence-electron chi connectivity index (χ4n) is 2.54. The van der Waals surface area contributed by atoms with Crippen LogP contribution in [0, 0.1) is 11.3 Å². The third-order valence-electron chi connectivity index (χ3n) is 3.42. The highest BCUT2D eigenvalue weighted by Gasteiger charge is 2.21. The van der Waals surface area contributed by atoms with Crippen LogP contribution in [0.15, 0.2) is 36.5 Å². The normalized spacial score (nSPS) is 13.8. The quantitative estimate of drug-likeness (QED) is 0.856. The van der Waals surface area contributed by atoms with Gasteiger partial charge >= 0.3 is 0 Å². The number of fused-ring (bicyclic) bond motifs is 1. The number of pyridine rings is 1. The van der Waals surface area contributed by atoms with E-state index in [0.29, 0.717) is 23.1 Å². The molecular formula is C15H14N4. The zero-order chi connectivity index (χ0) is 13.2. The number of anilines is 2. The van der Waals surface area contributed by atoms with Crippen LogP contribution in [0.5, 0.6) is 0 Å². The van der Waals surface area contributed by atoms with Gasteiger partial charge in [-0.05, 0) is 30.0 Å². The van der Waals surface area contributed by atoms with Gasteiger partial charge in [0.25, 0.3) is 0 Å². The topological polar surface area (TPSA) is 74.7 Å². The van der Waals surface area contributed by atoms with E-state index in [4.69, 9.17) is 11.0 Å². The van der Waals surface area contributed by atoms with Gasteiger partial charge in [-0.2, -0.15) is 5.26 Å². The van der Waals surface area contributed by atoms with Crippen molar-refractivity contribution in [1.29, 1.82) is 5.26 Å². The van der Waals surface area contributed by atoms with Crippen molar-refractivity contribution in [2.45, 2.75) is 18.9 Å². The van der Waals surface area contributed by atoms with Crippen LogP contribution < -0.4 is 11.1 Å². The Kier molecular flexibility index (Phi) is 2.81. The minimum Gasteiger partial charge on any atom is -0.397 e. The molecule has 0 aliphatic heterocycles. The summed E-state index contributed by atoms with van der Waals surface area (Å²) >= 11 is 0. The fraction of sp³-hybridized carbons (Fsp3) is 0.200. The Bertz CT molecular complexity index is 632. The lowest BCUT2D eigenvalue weighted by Gasteiger charge is -2.13. The first kappa shape index (κ1) is 11.5. The van der Waals surface area contributed by atoms with Gasteiger partial charge in [0.05, 0.1) is 17.4 Å². The van der Waals surface area contributed by atoms with Gasteiger partial charge in [-0.3, -0.25) is 0 Å². The summed E-state index contributed by atoms with van der Waals surface area (Å²) in [6, 6.07) is 12.5. The molecule has 0 atom stereocenters. The number of nitriles is 1. The van der Waals surface area contributed by atoms with E-state index in [1.54, 1.807) is 12.3 Å². The van der Waals surface area contributed by atoms with Crippen molar-refractivity contribution >= 4 is 11.5 Å². The first-order valence-corrected chi connectivity index (χ1v) is 6.25. The fourth-order valence-corrected chi connectivity index (χ4v) is 2.54. The van der Waals surface area contributed by atoms with E-state index in [9.17, 15) is 0 Å². The van der Waals surface area contributed by atoms with Crippen LogP contribution in [0.4, 0.5) is 11.5 Å². The number of nitrogen functional groups attached to an aromatic ring is 1. The number of rotatable bonds is 2. The number of benzene rings is 1. The molecule has 0 radical (unpaired) electrons. The van der Waals surface area contributed by atoms with E-state index >= 15 is 0 Å². The van der Waals surface area contributed by atoms with Crippen molar-refractivity contribution in [3.8, 4) is 6.07 Å². The lowest BCUT2D eigenvalue weighted by atomic mass is 10.1. The van der Waals surface area contributed by atoms with Crippen LogP contribution in [0.3, 0.4) is 0 Å². The van der Waals surface area contributed by atoms with Gasteiger partial charge in [-0.15, -0.1) is 0 Å². The molecular weight excluding hydrogens is 236 g/mol. The molecule has 3 N–H and O–H groups in total. The van der Waals surface area contributed by atoms with Crippen LogP contribution in [0.2, 0.25) is 0 Å². The van der Waals surface area contributed by atoms with Gasteiger partial charge in [0.15, 0.2) is 0 Å². The summed E-state index contributed by atoms with van der Waals surface area (Å²) in [5.74, 6) is 0.620. The molecule has 4 nitrogen and oxygen atoms in total. The molecule has 1 aromatic heterocycles. The van der Waals surface area contributed by atoms with Gasteiger partial charge in [-0.25, -0.2) is 4.98 Å². The maximum Gasteiger partial charge on any atom is 0.144 e. The smallest absolute Gasteiger partial charge is 0.144 e. The molecule has 1 heterocycles. The number of hydrogen-bond acceptors (Lipinski definition) is 4. The molecule has 0 saturated heterocycles. The summed E-state index contributed by atoms with van der Waals surface area (Å²) in [6.45, 7) is 0. The standard InChI is InChI=1S/C15H14N4/c16-8-12-5-13(17)9-18-15(12)19-14-6-10-3-1-2-4-11(10)7-14/h1-5,9,14H,6-7,17H2,(H,18,19). The summed E-state index contributed by atoms with van der Waals surface area (Å²) < 4.78 is 0. The molecule has 94 valence electrons. The maximum atomic E-state index is 9.10. The Balaban J connectivity index is 1.80. The molecule has 1 aliphatic rings. The number of hydrogen-bond donors (Lipinski definition) is 2. The Morgan fingerprint density at radius 2 is 1.95 bits per heavy atom. The van der Waals surface area contributed by atoms with Crippen LogP contribution in [0.1, 0.15) is 16.7 Å². The minimum absolute atomic E-state index is 0.292. The molecule has 1 aromatic carbocycles. The average Bonchev–Trinajstić information content (AvgIpc) is 2.83. The van der Waals surface area contributed by atoms with Crippen molar-refractivity contribution in [3.05, 3.63) is 53.2 Å². The molecule has 4 heteroatoms. The number of nitrogens with one attached hydrogen (secondary N) is 1. The summed E-state index contributed by atoms with van der Waals surface area (Å²) in [6.07, 6.45) is 3.51. The Labute approximate surface area is 111 Å². The van der Waals surface area contributed by atoms with E-state index in [1.807, 2.05) is 0 Å². The van der Waals surface area contributed by atoms with Gasteiger partial charge in [0.1, 0.15) is 11.9 Å². The Morgan fingerprint density at radius 3 is 2.58 bits per heavy atom. The third kappa shape index (κ3) is 2.23. The molecule has 2 aromatic rings. The molecule has 0 bridgehead atoms. The monoisotopic (exact) mass is 250 g/mol. The van der Waals surface area contributed by atoms with Crippen LogP contribution >= 0.6 is 0 Å². The van der Waals surface area contributed by atoms with E-state index < -0.39 is 0 Å². The number of nitrogens with two attached hydrogens (primary N) is 1. The van der Waals surface area contributed by atoms with Crippen LogP contribution in [0.25, 0.3) is 0 Å². The molecule has 19 heavy (non-hydrogen) atoms. The number of aromatic nitrogens is 1. The minimum atomic E-state index is 0.292. The highest BCUT2D eigenvalue weighted by Crippen LogP contribution is 2.25. The molecule has 0 spiro atoms. The summed E-state index contributed by atoms with van der Waals surface area (Å²) in [4.78, 5) is 4.22. The second kappa shape index (κ2) is 4.62. The van der Waals surface area contributed by atoms with Crippen LogP contribution in [-0.4, -0.2) is 11.0 Å². The largest absolute Gasteiger partial charge is 0.397 e. The highest BCUT2D eigenvalue weighted by atomic mass is 15.0. The molecule has 0 unspecified atom stereocenters. The van der Waals surface area contributed by atoms with Gasteiger partial charge < -0.3 is 11.1 Å². The highest BCUT2D eigenvalue weighted by molar-refractivity contribution is 5.58. The zero-order valence-electron chi connectivity index (χ0n) is 10.4. The number of nitrogens with zero attached hydrogens (tertiary/aromatic N) is 2. The van der Waals surface area contributed by atoms with Crippen molar-refractivity contribution in [2.75, 3.05) is 11.1 Å². The van der Waals surface area contributed by atoms with E-state index in [0.717, 1.165) is 12.8 Å². The van der Waals surface area contributed by atoms with Crippen LogP contribution in [-0.2, 0) is 12.8 Å². The first-order valence-electron chi connectivity index (χ1n) is 6.25. The van der Waals surface area contributed by atoms with E-state index in [-0.39, 0.29) is 0 Å². The van der Waals surface area contributed by atoms with Gasteiger partial charge in [-0.1, -0.05) is 24.3 Å². The zero-order valence-corrected chi connectivity index (χ0v) is 10.4. The summed E-state index contributed by atoms with van der Waals surface area (Å²) in [5, 5.41) is 12.5. The van der Waals surface area contributed by atoms with Crippen molar-refractivity contribution < 1.29 is 0 Å². The average molecular weight is 250 g/mol. The predicted octanol–water partition coefficient (Wildman–Crippen LogP) is 2.11. The van der Waals surface area contributed by atoms with Crippen molar-refractivity contribution in [3.63, 3.8) is 0 Å². The van der Waals surface area contributed by atoms with Crippen molar-refractivity contribution in [2.24, 2.45) is 0 Å². The molecule has 0 saturated carbocycles. The van der Waals surface area contributed by atoms with Gasteiger partial charge in [0.2, 0.25) is 0 Å². The SMILES string of the molecule is N#Cc1cc(N)cnc1NC1Cc2ccccc2C1. The summed E-state index contributed by atoms with van der Waals surface area (Å²) in [5.41, 5.74) is 9.38. The first-order chi connectivity index (χ1) is 9.26. The Morgan fingerprint density at radius 1 is 1.26 bits per heavy atom. The van der Waals surface area contributed by atoms with E-state index in [1.165, 1.54) is 11.1 Å². The van der Waals surface area contributed by atoms with Crippen molar-refractivity contribution in [1.82, 2.24) is 4.98 Å². The lowest BCUT2D eigenvalue weighted by Crippen LogP contribution is -2.21. The lowest BCUT2D eigenvalue weighted by molar-refractivity contribution is 0.768. The molecule has 3 rings (SSSR count). The Hall–Kier alpha value is -2.54. The van der Waals surface area contributed by atoms with E-state index in [2.05, 4.69) is 40.6 Å². The second-order valence-corrected chi connectivity index (χ2v) is 4.79. The summed E-state index contributed by atoms with van der Waals surface area (Å²) in [7, 11) is 0. The molecule has 0 amide bonds. The predicted molar refractivity (Wildman–Crippen MR) is 74.6 cm³/mol.